The maximum Gasteiger partial charge on any atom is 0.191 e. The Morgan fingerprint density at radius 3 is 2.53 bits per heavy atom. The second kappa shape index (κ2) is 5.69. The highest BCUT2D eigenvalue weighted by molar-refractivity contribution is 7.99. The predicted octanol–water partition coefficient (Wildman–Crippen LogP) is 2.16. The molecule has 0 fully saturated rings. The summed E-state index contributed by atoms with van der Waals surface area (Å²) in [7, 11) is 1.98. The van der Waals surface area contributed by atoms with Gasteiger partial charge in [-0.2, -0.15) is 0 Å². The standard InChI is InChI=1S/C12H22N4S/c1-9(7-13-12(3,4)5)8-17-11-15-14-10(2)16(11)6/h13H,1,7-8H2,2-6H3. The number of rotatable bonds is 5. The van der Waals surface area contributed by atoms with Gasteiger partial charge in [-0.3, -0.25) is 0 Å². The summed E-state index contributed by atoms with van der Waals surface area (Å²) in [6.07, 6.45) is 0. The minimum atomic E-state index is 0.134. The van der Waals surface area contributed by atoms with Crippen molar-refractivity contribution in [2.24, 2.45) is 7.05 Å². The van der Waals surface area contributed by atoms with Crippen molar-refractivity contribution in [2.75, 3.05) is 12.3 Å². The van der Waals surface area contributed by atoms with Gasteiger partial charge in [0.05, 0.1) is 0 Å². The molecule has 0 amide bonds. The normalized spacial score (nSPS) is 11.8. The Kier molecular flexibility index (Phi) is 4.77. The molecule has 1 N–H and O–H groups in total. The molecule has 0 unspecified atom stereocenters. The highest BCUT2D eigenvalue weighted by Gasteiger charge is 2.10. The van der Waals surface area contributed by atoms with Crippen molar-refractivity contribution in [2.45, 2.75) is 38.4 Å². The van der Waals surface area contributed by atoms with E-state index < -0.39 is 0 Å². The molecule has 0 atom stereocenters. The van der Waals surface area contributed by atoms with Crippen molar-refractivity contribution in [1.29, 1.82) is 0 Å². The van der Waals surface area contributed by atoms with Crippen LogP contribution in [0.3, 0.4) is 0 Å². The number of hydrogen-bond acceptors (Lipinski definition) is 4. The monoisotopic (exact) mass is 254 g/mol. The van der Waals surface area contributed by atoms with E-state index in [4.69, 9.17) is 0 Å². The van der Waals surface area contributed by atoms with Crippen LogP contribution in [0.25, 0.3) is 0 Å². The highest BCUT2D eigenvalue weighted by atomic mass is 32.2. The molecule has 0 aromatic carbocycles. The van der Waals surface area contributed by atoms with Crippen molar-refractivity contribution in [3.05, 3.63) is 18.0 Å². The van der Waals surface area contributed by atoms with E-state index in [9.17, 15) is 0 Å². The molecule has 0 bridgehead atoms. The van der Waals surface area contributed by atoms with E-state index in [1.54, 1.807) is 11.8 Å². The van der Waals surface area contributed by atoms with Gasteiger partial charge in [0.2, 0.25) is 0 Å². The molecule has 5 heteroatoms. The van der Waals surface area contributed by atoms with Gasteiger partial charge in [-0.15, -0.1) is 10.2 Å². The lowest BCUT2D eigenvalue weighted by molar-refractivity contribution is 0.445. The van der Waals surface area contributed by atoms with E-state index in [2.05, 4.69) is 42.9 Å². The molecule has 1 aromatic heterocycles. The molecule has 4 nitrogen and oxygen atoms in total. The van der Waals surface area contributed by atoms with Crippen LogP contribution in [0.15, 0.2) is 17.3 Å². The third-order valence-electron chi connectivity index (χ3n) is 2.33. The molecular weight excluding hydrogens is 232 g/mol. The summed E-state index contributed by atoms with van der Waals surface area (Å²) in [5, 5.41) is 12.5. The van der Waals surface area contributed by atoms with Crippen LogP contribution in [0.1, 0.15) is 26.6 Å². The third-order valence-corrected chi connectivity index (χ3v) is 3.49. The Hall–Kier alpha value is -0.810. The van der Waals surface area contributed by atoms with Crippen LogP contribution in [-0.2, 0) is 7.05 Å². The quantitative estimate of drug-likeness (QED) is 0.646. The molecule has 0 saturated heterocycles. The van der Waals surface area contributed by atoms with Gasteiger partial charge in [0.1, 0.15) is 5.82 Å². The summed E-state index contributed by atoms with van der Waals surface area (Å²) in [6, 6.07) is 0. The third kappa shape index (κ3) is 4.91. The SMILES string of the molecule is C=C(CNC(C)(C)C)CSc1nnc(C)n1C. The Balaban J connectivity index is 2.36. The maximum absolute atomic E-state index is 4.11. The minimum Gasteiger partial charge on any atom is -0.309 e. The number of hydrogen-bond donors (Lipinski definition) is 1. The summed E-state index contributed by atoms with van der Waals surface area (Å²) in [4.78, 5) is 0. The number of aromatic nitrogens is 3. The first-order valence-electron chi connectivity index (χ1n) is 5.70. The average Bonchev–Trinajstić information content (AvgIpc) is 2.53. The van der Waals surface area contributed by atoms with Crippen LogP contribution in [0.4, 0.5) is 0 Å². The predicted molar refractivity (Wildman–Crippen MR) is 73.4 cm³/mol. The summed E-state index contributed by atoms with van der Waals surface area (Å²) in [6.45, 7) is 13.3. The lowest BCUT2D eigenvalue weighted by Crippen LogP contribution is -2.37. The first kappa shape index (κ1) is 14.3. The molecule has 0 spiro atoms. The van der Waals surface area contributed by atoms with Crippen LogP contribution in [-0.4, -0.2) is 32.6 Å². The molecule has 0 radical (unpaired) electrons. The molecule has 0 aliphatic carbocycles. The van der Waals surface area contributed by atoms with E-state index in [1.807, 2.05) is 18.5 Å². The van der Waals surface area contributed by atoms with E-state index in [0.29, 0.717) is 0 Å². The van der Waals surface area contributed by atoms with Crippen LogP contribution in [0.5, 0.6) is 0 Å². The van der Waals surface area contributed by atoms with Crippen molar-refractivity contribution < 1.29 is 0 Å². The van der Waals surface area contributed by atoms with Gasteiger partial charge < -0.3 is 9.88 Å². The summed E-state index contributed by atoms with van der Waals surface area (Å²) >= 11 is 1.68. The van der Waals surface area contributed by atoms with Gasteiger partial charge in [0.15, 0.2) is 5.16 Å². The van der Waals surface area contributed by atoms with Crippen LogP contribution in [0.2, 0.25) is 0 Å². The average molecular weight is 254 g/mol. The molecular formula is C12H22N4S. The maximum atomic E-state index is 4.11. The number of nitrogens with zero attached hydrogens (tertiary/aromatic N) is 3. The summed E-state index contributed by atoms with van der Waals surface area (Å²) in [5.74, 6) is 1.81. The van der Waals surface area contributed by atoms with Crippen LogP contribution >= 0.6 is 11.8 Å². The molecule has 1 aromatic rings. The van der Waals surface area contributed by atoms with Crippen molar-refractivity contribution in [3.63, 3.8) is 0 Å². The zero-order chi connectivity index (χ0) is 13.1. The van der Waals surface area contributed by atoms with Crippen LogP contribution in [0, 0.1) is 6.92 Å². The first-order chi connectivity index (χ1) is 7.79. The Morgan fingerprint density at radius 2 is 2.06 bits per heavy atom. The van der Waals surface area contributed by atoms with Gasteiger partial charge in [0, 0.05) is 24.9 Å². The lowest BCUT2D eigenvalue weighted by atomic mass is 10.1. The number of thioether (sulfide) groups is 1. The van der Waals surface area contributed by atoms with E-state index in [-0.39, 0.29) is 5.54 Å². The number of aryl methyl sites for hydroxylation is 1. The molecule has 0 aliphatic heterocycles. The summed E-state index contributed by atoms with van der Waals surface area (Å²) < 4.78 is 2.00. The van der Waals surface area contributed by atoms with Gasteiger partial charge in [-0.05, 0) is 27.7 Å². The van der Waals surface area contributed by atoms with Gasteiger partial charge in [-0.1, -0.05) is 23.9 Å². The van der Waals surface area contributed by atoms with Crippen molar-refractivity contribution >= 4 is 11.8 Å². The largest absolute Gasteiger partial charge is 0.309 e. The molecule has 0 aliphatic rings. The molecule has 17 heavy (non-hydrogen) atoms. The van der Waals surface area contributed by atoms with Crippen molar-refractivity contribution in [3.8, 4) is 0 Å². The topological polar surface area (TPSA) is 42.7 Å². The van der Waals surface area contributed by atoms with Crippen molar-refractivity contribution in [1.82, 2.24) is 20.1 Å². The fraction of sp³-hybridized carbons (Fsp3) is 0.667. The van der Waals surface area contributed by atoms with Gasteiger partial charge >= 0.3 is 0 Å². The lowest BCUT2D eigenvalue weighted by Gasteiger charge is -2.21. The zero-order valence-corrected chi connectivity index (χ0v) is 12.2. The van der Waals surface area contributed by atoms with E-state index >= 15 is 0 Å². The summed E-state index contributed by atoms with van der Waals surface area (Å²) in [5.41, 5.74) is 1.31. The van der Waals surface area contributed by atoms with E-state index in [0.717, 1.165) is 23.3 Å². The van der Waals surface area contributed by atoms with E-state index in [1.165, 1.54) is 5.57 Å². The highest BCUT2D eigenvalue weighted by Crippen LogP contribution is 2.17. The van der Waals surface area contributed by atoms with Gasteiger partial charge in [0.25, 0.3) is 0 Å². The number of nitrogens with one attached hydrogen (secondary N) is 1. The molecule has 96 valence electrons. The molecule has 1 rings (SSSR count). The van der Waals surface area contributed by atoms with Gasteiger partial charge in [-0.25, -0.2) is 0 Å². The van der Waals surface area contributed by atoms with Crippen LogP contribution < -0.4 is 5.32 Å². The fourth-order valence-electron chi connectivity index (χ4n) is 1.12. The fourth-order valence-corrected chi connectivity index (χ4v) is 1.98. The molecule has 1 heterocycles. The molecule has 0 saturated carbocycles. The smallest absolute Gasteiger partial charge is 0.191 e. The Bertz CT molecular complexity index is 390. The Morgan fingerprint density at radius 1 is 1.41 bits per heavy atom. The zero-order valence-electron chi connectivity index (χ0n) is 11.4. The second-order valence-corrected chi connectivity index (χ2v) is 6.17. The Labute approximate surface area is 108 Å². The first-order valence-corrected chi connectivity index (χ1v) is 6.68. The second-order valence-electron chi connectivity index (χ2n) is 5.23. The minimum absolute atomic E-state index is 0.134.